The number of fused-ring (bicyclic) bond motifs is 1. The Hall–Kier alpha value is -3.65. The van der Waals surface area contributed by atoms with Crippen molar-refractivity contribution >= 4 is 40.2 Å². The van der Waals surface area contributed by atoms with Gasteiger partial charge in [0, 0.05) is 5.56 Å². The third-order valence-corrected chi connectivity index (χ3v) is 5.38. The molecule has 0 saturated carbocycles. The number of oxazole rings is 1. The van der Waals surface area contributed by atoms with E-state index in [0.717, 1.165) is 18.0 Å². The molecule has 0 fully saturated rings. The van der Waals surface area contributed by atoms with Crippen LogP contribution in [0.5, 0.6) is 0 Å². The van der Waals surface area contributed by atoms with Gasteiger partial charge in [-0.2, -0.15) is 0 Å². The molecular weight excluding hydrogens is 422 g/mol. The quantitative estimate of drug-likeness (QED) is 0.274. The average Bonchev–Trinajstić information content (AvgIpc) is 3.41. The van der Waals surface area contributed by atoms with E-state index in [-0.39, 0.29) is 10.8 Å². The smallest absolute Gasteiger partial charge is 0.433 e. The van der Waals surface area contributed by atoms with Crippen molar-refractivity contribution in [1.29, 1.82) is 0 Å². The number of rotatable bonds is 6. The molecule has 8 nitrogen and oxygen atoms in total. The first kappa shape index (κ1) is 20.6. The number of benzene rings is 2. The van der Waals surface area contributed by atoms with Crippen LogP contribution in [0, 0.1) is 10.1 Å². The van der Waals surface area contributed by atoms with Gasteiger partial charge in [-0.3, -0.25) is 14.9 Å². The molecule has 4 aromatic rings. The number of carbonyl (C=O) groups is 1. The van der Waals surface area contributed by atoms with Crippen LogP contribution in [0.15, 0.2) is 57.4 Å². The molecule has 0 unspecified atom stereocenters. The lowest BCUT2D eigenvalue weighted by molar-refractivity contribution is -0.402. The van der Waals surface area contributed by atoms with E-state index in [1.54, 1.807) is 18.2 Å². The van der Waals surface area contributed by atoms with Gasteiger partial charge in [0.15, 0.2) is 11.3 Å². The van der Waals surface area contributed by atoms with Crippen molar-refractivity contribution in [1.82, 2.24) is 4.98 Å². The van der Waals surface area contributed by atoms with Crippen LogP contribution in [0.1, 0.15) is 42.3 Å². The number of anilines is 1. The standard InChI is InChI=1S/C22H18ClN3O5/c1-3-12(2)13-5-7-18-17(10-13)25-22(31-18)14-4-6-15(23)16(11-14)24-21(27)19-8-9-20(30-19)26(28)29/h4-12H,3H2,1-2H3,(H,24,27)/t12-/m0/s1. The summed E-state index contributed by atoms with van der Waals surface area (Å²) in [5.74, 6) is -0.583. The van der Waals surface area contributed by atoms with Crippen molar-refractivity contribution in [2.45, 2.75) is 26.2 Å². The van der Waals surface area contributed by atoms with Crippen LogP contribution in [-0.2, 0) is 0 Å². The lowest BCUT2D eigenvalue weighted by Crippen LogP contribution is -2.11. The van der Waals surface area contributed by atoms with Crippen LogP contribution in [0.2, 0.25) is 5.02 Å². The molecule has 1 amide bonds. The summed E-state index contributed by atoms with van der Waals surface area (Å²) in [6.45, 7) is 4.29. The van der Waals surface area contributed by atoms with Gasteiger partial charge in [-0.05, 0) is 54.3 Å². The minimum Gasteiger partial charge on any atom is -0.436 e. The predicted molar refractivity (Wildman–Crippen MR) is 116 cm³/mol. The largest absolute Gasteiger partial charge is 0.436 e. The summed E-state index contributed by atoms with van der Waals surface area (Å²) in [5.41, 5.74) is 3.50. The van der Waals surface area contributed by atoms with Gasteiger partial charge in [-0.1, -0.05) is 31.5 Å². The molecule has 0 aliphatic heterocycles. The van der Waals surface area contributed by atoms with Crippen LogP contribution in [0.4, 0.5) is 11.6 Å². The van der Waals surface area contributed by atoms with Crippen LogP contribution in [0.3, 0.4) is 0 Å². The Bertz CT molecular complexity index is 1290. The third kappa shape index (κ3) is 4.15. The number of nitrogens with zero attached hydrogens (tertiary/aromatic N) is 2. The van der Waals surface area contributed by atoms with Crippen molar-refractivity contribution in [3.63, 3.8) is 0 Å². The molecule has 0 aliphatic rings. The highest BCUT2D eigenvalue weighted by molar-refractivity contribution is 6.34. The van der Waals surface area contributed by atoms with E-state index in [1.165, 1.54) is 11.6 Å². The van der Waals surface area contributed by atoms with Crippen molar-refractivity contribution in [3.05, 3.63) is 75.0 Å². The van der Waals surface area contributed by atoms with Crippen LogP contribution in [-0.4, -0.2) is 15.8 Å². The lowest BCUT2D eigenvalue weighted by atomic mass is 9.98. The highest BCUT2D eigenvalue weighted by Crippen LogP contribution is 2.32. The van der Waals surface area contributed by atoms with E-state index < -0.39 is 16.7 Å². The fourth-order valence-electron chi connectivity index (χ4n) is 3.10. The highest BCUT2D eigenvalue weighted by Gasteiger charge is 2.19. The Kier molecular flexibility index (Phi) is 5.48. The maximum absolute atomic E-state index is 12.4. The molecule has 158 valence electrons. The number of halogens is 1. The van der Waals surface area contributed by atoms with Gasteiger partial charge in [0.2, 0.25) is 5.89 Å². The van der Waals surface area contributed by atoms with Gasteiger partial charge in [0.25, 0.3) is 5.91 Å². The minimum atomic E-state index is -0.718. The van der Waals surface area contributed by atoms with Crippen molar-refractivity contribution in [2.75, 3.05) is 5.32 Å². The zero-order valence-electron chi connectivity index (χ0n) is 16.7. The normalized spacial score (nSPS) is 12.1. The fraction of sp³-hybridized carbons (Fsp3) is 0.182. The van der Waals surface area contributed by atoms with Crippen LogP contribution >= 0.6 is 11.6 Å². The molecule has 0 saturated heterocycles. The van der Waals surface area contributed by atoms with Crippen LogP contribution < -0.4 is 5.32 Å². The average molecular weight is 440 g/mol. The summed E-state index contributed by atoms with van der Waals surface area (Å²) in [4.78, 5) is 27.0. The SMILES string of the molecule is CC[C@H](C)c1ccc2oc(-c3ccc(Cl)c(NC(=O)c4ccc([N+](=O)[O-])o4)c3)nc2c1. The number of nitrogens with one attached hydrogen (secondary N) is 1. The second-order valence-electron chi connectivity index (χ2n) is 7.10. The van der Waals surface area contributed by atoms with Gasteiger partial charge in [0.1, 0.15) is 10.4 Å². The maximum atomic E-state index is 12.4. The summed E-state index contributed by atoms with van der Waals surface area (Å²) in [6, 6.07) is 13.2. The molecule has 1 N–H and O–H groups in total. The number of nitro groups is 1. The summed E-state index contributed by atoms with van der Waals surface area (Å²) < 4.78 is 10.8. The minimum absolute atomic E-state index is 0.201. The number of carbonyl (C=O) groups excluding carboxylic acids is 1. The number of furan rings is 1. The molecule has 1 atom stereocenters. The van der Waals surface area contributed by atoms with E-state index in [2.05, 4.69) is 24.1 Å². The third-order valence-electron chi connectivity index (χ3n) is 5.05. The molecule has 0 spiro atoms. The number of hydrogen-bond acceptors (Lipinski definition) is 6. The lowest BCUT2D eigenvalue weighted by Gasteiger charge is -2.07. The van der Waals surface area contributed by atoms with E-state index in [1.807, 2.05) is 18.2 Å². The van der Waals surface area contributed by atoms with Gasteiger partial charge < -0.3 is 14.2 Å². The Morgan fingerprint density at radius 1 is 1.19 bits per heavy atom. The number of aromatic nitrogens is 1. The zero-order chi connectivity index (χ0) is 22.1. The molecule has 2 aromatic carbocycles. The molecule has 0 bridgehead atoms. The fourth-order valence-corrected chi connectivity index (χ4v) is 3.26. The van der Waals surface area contributed by atoms with Gasteiger partial charge >= 0.3 is 5.88 Å². The molecular formula is C22H18ClN3O5. The summed E-state index contributed by atoms with van der Waals surface area (Å²) in [5, 5.41) is 13.6. The Labute approximate surface area is 182 Å². The first-order valence-electron chi connectivity index (χ1n) is 9.61. The monoisotopic (exact) mass is 439 g/mol. The Morgan fingerprint density at radius 3 is 2.71 bits per heavy atom. The van der Waals surface area contributed by atoms with E-state index in [0.29, 0.717) is 28.6 Å². The Morgan fingerprint density at radius 2 is 2.00 bits per heavy atom. The summed E-state index contributed by atoms with van der Waals surface area (Å²) in [7, 11) is 0. The Balaban J connectivity index is 1.62. The maximum Gasteiger partial charge on any atom is 0.433 e. The molecule has 4 rings (SSSR count). The van der Waals surface area contributed by atoms with Crippen LogP contribution in [0.25, 0.3) is 22.6 Å². The zero-order valence-corrected chi connectivity index (χ0v) is 17.5. The van der Waals surface area contributed by atoms with Gasteiger partial charge in [-0.25, -0.2) is 4.98 Å². The summed E-state index contributed by atoms with van der Waals surface area (Å²) >= 11 is 6.22. The molecule has 31 heavy (non-hydrogen) atoms. The van der Waals surface area contributed by atoms with Crippen molar-refractivity contribution < 1.29 is 18.6 Å². The molecule has 2 heterocycles. The second kappa shape index (κ2) is 8.23. The van der Waals surface area contributed by atoms with Crippen molar-refractivity contribution in [3.8, 4) is 11.5 Å². The molecule has 9 heteroatoms. The number of hydrogen-bond donors (Lipinski definition) is 1. The van der Waals surface area contributed by atoms with Crippen molar-refractivity contribution in [2.24, 2.45) is 0 Å². The topological polar surface area (TPSA) is 111 Å². The molecule has 0 radical (unpaired) electrons. The van der Waals surface area contributed by atoms with Gasteiger partial charge in [0.05, 0.1) is 16.8 Å². The highest BCUT2D eigenvalue weighted by atomic mass is 35.5. The first-order chi connectivity index (χ1) is 14.9. The first-order valence-corrected chi connectivity index (χ1v) is 9.99. The number of amides is 1. The van der Waals surface area contributed by atoms with E-state index >= 15 is 0 Å². The van der Waals surface area contributed by atoms with Gasteiger partial charge in [-0.15, -0.1) is 0 Å². The molecule has 2 aromatic heterocycles. The summed E-state index contributed by atoms with van der Waals surface area (Å²) in [6.07, 6.45) is 1.02. The predicted octanol–water partition coefficient (Wildman–Crippen LogP) is 6.42. The molecule has 0 aliphatic carbocycles. The van der Waals surface area contributed by atoms with E-state index in [9.17, 15) is 14.9 Å². The van der Waals surface area contributed by atoms with E-state index in [4.69, 9.17) is 20.4 Å². The second-order valence-corrected chi connectivity index (χ2v) is 7.51.